The van der Waals surface area contributed by atoms with Crippen molar-refractivity contribution in [2.24, 2.45) is 0 Å². The molecule has 1 aliphatic heterocycles. The van der Waals surface area contributed by atoms with Crippen LogP contribution >= 0.6 is 0 Å². The number of carbonyl (C=O) groups is 2. The molecular formula is C25H16F2N4O2. The van der Waals surface area contributed by atoms with Crippen LogP contribution in [0.1, 0.15) is 44.2 Å². The summed E-state index contributed by atoms with van der Waals surface area (Å²) in [4.78, 5) is 27.6. The second-order valence-corrected chi connectivity index (χ2v) is 7.49. The van der Waals surface area contributed by atoms with E-state index in [-0.39, 0.29) is 30.1 Å². The zero-order chi connectivity index (χ0) is 23.5. The smallest absolute Gasteiger partial charge is 0.255 e. The van der Waals surface area contributed by atoms with Gasteiger partial charge in [0.2, 0.25) is 5.91 Å². The highest BCUT2D eigenvalue weighted by molar-refractivity contribution is 6.04. The third kappa shape index (κ3) is 4.15. The van der Waals surface area contributed by atoms with E-state index < -0.39 is 23.6 Å². The molecule has 1 atom stereocenters. The summed E-state index contributed by atoms with van der Waals surface area (Å²) < 4.78 is 27.3. The van der Waals surface area contributed by atoms with Crippen molar-refractivity contribution >= 4 is 11.8 Å². The van der Waals surface area contributed by atoms with Gasteiger partial charge in [0.25, 0.3) is 5.91 Å². The van der Waals surface area contributed by atoms with Crippen LogP contribution in [0, 0.1) is 34.3 Å². The van der Waals surface area contributed by atoms with Gasteiger partial charge in [0.05, 0.1) is 11.1 Å². The molecular weight excluding hydrogens is 426 g/mol. The number of nitrogens with zero attached hydrogens (tertiary/aromatic N) is 3. The van der Waals surface area contributed by atoms with Crippen LogP contribution in [0.4, 0.5) is 8.78 Å². The van der Waals surface area contributed by atoms with Crippen molar-refractivity contribution < 1.29 is 18.4 Å². The maximum Gasteiger partial charge on any atom is 0.255 e. The molecule has 1 N–H and O–H groups in total. The standard InChI is InChI=1S/C25H16F2N4O2/c26-21-7-5-15(9-17(21)11-28)13-30-24(32)23-19-3-1-2-4-20(19)25(33)31(23)14-16-6-8-22(27)18(10-16)12-29/h1-10,23H,13-14H2,(H,30,32). The molecule has 0 fully saturated rings. The van der Waals surface area contributed by atoms with Crippen LogP contribution in [0.2, 0.25) is 0 Å². The number of benzene rings is 3. The molecule has 0 spiro atoms. The number of hydrogen-bond acceptors (Lipinski definition) is 4. The van der Waals surface area contributed by atoms with E-state index in [1.54, 1.807) is 36.4 Å². The largest absolute Gasteiger partial charge is 0.350 e. The molecule has 0 bridgehead atoms. The molecule has 0 saturated carbocycles. The van der Waals surface area contributed by atoms with Crippen LogP contribution in [0.15, 0.2) is 60.7 Å². The van der Waals surface area contributed by atoms with E-state index in [0.29, 0.717) is 22.3 Å². The Balaban J connectivity index is 1.60. The molecule has 6 nitrogen and oxygen atoms in total. The summed E-state index contributed by atoms with van der Waals surface area (Å²) in [6.07, 6.45) is 0. The van der Waals surface area contributed by atoms with Gasteiger partial charge in [-0.1, -0.05) is 30.3 Å². The second-order valence-electron chi connectivity index (χ2n) is 7.49. The molecule has 0 saturated heterocycles. The van der Waals surface area contributed by atoms with Gasteiger partial charge in [-0.25, -0.2) is 8.78 Å². The first kappa shape index (κ1) is 21.7. The lowest BCUT2D eigenvalue weighted by atomic mass is 10.0. The van der Waals surface area contributed by atoms with Gasteiger partial charge in [-0.05, 0) is 47.0 Å². The highest BCUT2D eigenvalue weighted by Crippen LogP contribution is 2.35. The quantitative estimate of drug-likeness (QED) is 0.651. The van der Waals surface area contributed by atoms with Gasteiger partial charge in [-0.15, -0.1) is 0 Å². The van der Waals surface area contributed by atoms with E-state index in [1.807, 2.05) is 0 Å². The minimum absolute atomic E-state index is 0.00428. The van der Waals surface area contributed by atoms with Crippen LogP contribution in [-0.2, 0) is 17.9 Å². The number of rotatable bonds is 5. The van der Waals surface area contributed by atoms with E-state index in [2.05, 4.69) is 5.32 Å². The minimum Gasteiger partial charge on any atom is -0.350 e. The predicted octanol–water partition coefficient (Wildman–Crippen LogP) is 3.72. The molecule has 0 radical (unpaired) electrons. The van der Waals surface area contributed by atoms with Crippen molar-refractivity contribution in [2.45, 2.75) is 19.1 Å². The van der Waals surface area contributed by atoms with Crippen LogP contribution in [0.5, 0.6) is 0 Å². The van der Waals surface area contributed by atoms with Gasteiger partial charge in [-0.2, -0.15) is 10.5 Å². The van der Waals surface area contributed by atoms with Crippen LogP contribution in [0.25, 0.3) is 0 Å². The minimum atomic E-state index is -0.944. The normalized spacial score (nSPS) is 14.4. The first-order valence-electron chi connectivity index (χ1n) is 9.97. The zero-order valence-corrected chi connectivity index (χ0v) is 17.2. The summed E-state index contributed by atoms with van der Waals surface area (Å²) >= 11 is 0. The second kappa shape index (κ2) is 8.89. The molecule has 33 heavy (non-hydrogen) atoms. The highest BCUT2D eigenvalue weighted by Gasteiger charge is 2.40. The number of nitrogens with one attached hydrogen (secondary N) is 1. The number of carbonyl (C=O) groups excluding carboxylic acids is 2. The summed E-state index contributed by atoms with van der Waals surface area (Å²) in [6.45, 7) is 0.0271. The maximum atomic E-state index is 13.7. The van der Waals surface area contributed by atoms with Gasteiger partial charge in [0, 0.05) is 18.7 Å². The Morgan fingerprint density at radius 2 is 1.55 bits per heavy atom. The molecule has 3 aromatic carbocycles. The molecule has 1 heterocycles. The lowest BCUT2D eigenvalue weighted by molar-refractivity contribution is -0.125. The van der Waals surface area contributed by atoms with Gasteiger partial charge < -0.3 is 10.2 Å². The summed E-state index contributed by atoms with van der Waals surface area (Å²) in [7, 11) is 0. The number of fused-ring (bicyclic) bond motifs is 1. The Labute approximate surface area is 188 Å². The summed E-state index contributed by atoms with van der Waals surface area (Å²) in [6, 6.07) is 17.2. The highest BCUT2D eigenvalue weighted by atomic mass is 19.1. The third-order valence-electron chi connectivity index (χ3n) is 5.43. The molecule has 0 aliphatic carbocycles. The van der Waals surface area contributed by atoms with Crippen molar-refractivity contribution in [3.05, 3.63) is 106 Å². The number of amides is 2. The van der Waals surface area contributed by atoms with E-state index in [0.717, 1.165) is 12.1 Å². The van der Waals surface area contributed by atoms with E-state index in [9.17, 15) is 18.4 Å². The van der Waals surface area contributed by atoms with Crippen molar-refractivity contribution in [2.75, 3.05) is 0 Å². The third-order valence-corrected chi connectivity index (χ3v) is 5.43. The Hall–Kier alpha value is -4.56. The number of nitriles is 2. The molecule has 2 amide bonds. The molecule has 3 aromatic rings. The van der Waals surface area contributed by atoms with Crippen molar-refractivity contribution in [1.29, 1.82) is 10.5 Å². The van der Waals surface area contributed by atoms with Gasteiger partial charge >= 0.3 is 0 Å². The van der Waals surface area contributed by atoms with Crippen molar-refractivity contribution in [3.63, 3.8) is 0 Å². The molecule has 162 valence electrons. The van der Waals surface area contributed by atoms with Crippen molar-refractivity contribution in [1.82, 2.24) is 10.2 Å². The monoisotopic (exact) mass is 442 g/mol. The molecule has 1 aliphatic rings. The fraction of sp³-hybridized carbons (Fsp3) is 0.120. The lowest BCUT2D eigenvalue weighted by Crippen LogP contribution is -2.38. The van der Waals surface area contributed by atoms with Gasteiger partial charge in [0.15, 0.2) is 0 Å². The fourth-order valence-corrected chi connectivity index (χ4v) is 3.82. The maximum absolute atomic E-state index is 13.7. The SMILES string of the molecule is N#Cc1cc(CNC(=O)C2c3ccccc3C(=O)N2Cc2ccc(F)c(C#N)c2)ccc1F. The fourth-order valence-electron chi connectivity index (χ4n) is 3.82. The van der Waals surface area contributed by atoms with Gasteiger partial charge in [-0.3, -0.25) is 9.59 Å². The van der Waals surface area contributed by atoms with E-state index in [4.69, 9.17) is 10.5 Å². The van der Waals surface area contributed by atoms with E-state index in [1.165, 1.54) is 29.2 Å². The van der Waals surface area contributed by atoms with E-state index >= 15 is 0 Å². The average molecular weight is 442 g/mol. The van der Waals surface area contributed by atoms with Crippen LogP contribution < -0.4 is 5.32 Å². The van der Waals surface area contributed by atoms with Crippen molar-refractivity contribution in [3.8, 4) is 12.1 Å². The first-order chi connectivity index (χ1) is 15.9. The van der Waals surface area contributed by atoms with Gasteiger partial charge in [0.1, 0.15) is 29.8 Å². The molecule has 4 rings (SSSR count). The van der Waals surface area contributed by atoms with Crippen LogP contribution in [-0.4, -0.2) is 16.7 Å². The lowest BCUT2D eigenvalue weighted by Gasteiger charge is -2.25. The number of halogens is 2. The summed E-state index contributed by atoms with van der Waals surface area (Å²) in [5.74, 6) is -2.13. The first-order valence-corrected chi connectivity index (χ1v) is 9.97. The Bertz CT molecular complexity index is 1360. The average Bonchev–Trinajstić information content (AvgIpc) is 3.11. The summed E-state index contributed by atoms with van der Waals surface area (Å²) in [5.41, 5.74) is 1.66. The zero-order valence-electron chi connectivity index (χ0n) is 17.2. The topological polar surface area (TPSA) is 97.0 Å². The predicted molar refractivity (Wildman–Crippen MR) is 113 cm³/mol. The Kier molecular flexibility index (Phi) is 5.84. The Morgan fingerprint density at radius 3 is 2.21 bits per heavy atom. The number of hydrogen-bond donors (Lipinski definition) is 1. The van der Waals surface area contributed by atoms with Crippen LogP contribution in [0.3, 0.4) is 0 Å². The Morgan fingerprint density at radius 1 is 0.939 bits per heavy atom. The molecule has 8 heteroatoms. The molecule has 1 unspecified atom stereocenters. The summed E-state index contributed by atoms with van der Waals surface area (Å²) in [5, 5.41) is 20.8. The molecule has 0 aromatic heterocycles.